The van der Waals surface area contributed by atoms with Crippen LogP contribution in [0.5, 0.6) is 11.5 Å². The van der Waals surface area contributed by atoms with Gasteiger partial charge in [0.2, 0.25) is 0 Å². The Labute approximate surface area is 356 Å². The first-order valence-electron chi connectivity index (χ1n) is 21.0. The van der Waals surface area contributed by atoms with E-state index in [1.807, 2.05) is 0 Å². The van der Waals surface area contributed by atoms with Crippen molar-refractivity contribution in [2.24, 2.45) is 0 Å². The molecule has 0 N–H and O–H groups in total. The highest BCUT2D eigenvalue weighted by Crippen LogP contribution is 2.63. The van der Waals surface area contributed by atoms with Crippen LogP contribution in [0.3, 0.4) is 0 Å². The minimum absolute atomic E-state index is 0.629. The van der Waals surface area contributed by atoms with Crippen molar-refractivity contribution in [3.63, 3.8) is 0 Å². The summed E-state index contributed by atoms with van der Waals surface area (Å²) < 4.78 is 6.96. The average Bonchev–Trinajstić information content (AvgIpc) is 3.62. The predicted octanol–water partition coefficient (Wildman–Crippen LogP) is 15.8. The van der Waals surface area contributed by atoms with Gasteiger partial charge >= 0.3 is 0 Å². The van der Waals surface area contributed by atoms with Gasteiger partial charge in [-0.3, -0.25) is 0 Å². The van der Waals surface area contributed by atoms with Gasteiger partial charge in [0.05, 0.1) is 11.1 Å². The molecular formula is C59H39NO. The molecule has 0 bridgehead atoms. The topological polar surface area (TPSA) is 12.5 Å². The second-order valence-corrected chi connectivity index (χ2v) is 16.0. The zero-order valence-electron chi connectivity index (χ0n) is 33.4. The third kappa shape index (κ3) is 5.57. The number of fused-ring (bicyclic) bond motifs is 10. The fourth-order valence-electron chi connectivity index (χ4n) is 9.97. The van der Waals surface area contributed by atoms with Crippen LogP contribution in [0.15, 0.2) is 237 Å². The lowest BCUT2D eigenvalue weighted by Gasteiger charge is -2.40. The van der Waals surface area contributed by atoms with Crippen LogP contribution < -0.4 is 9.64 Å². The van der Waals surface area contributed by atoms with E-state index in [2.05, 4.69) is 241 Å². The molecule has 10 aromatic carbocycles. The fraction of sp³-hybridized carbons (Fsp3) is 0.0169. The summed E-state index contributed by atoms with van der Waals surface area (Å²) in [6, 6.07) is 85.9. The number of rotatable bonds is 6. The number of ether oxygens (including phenoxy) is 1. The van der Waals surface area contributed by atoms with E-state index in [9.17, 15) is 0 Å². The predicted molar refractivity (Wildman–Crippen MR) is 252 cm³/mol. The number of hydrogen-bond acceptors (Lipinski definition) is 2. The van der Waals surface area contributed by atoms with Crippen molar-refractivity contribution in [1.29, 1.82) is 0 Å². The first kappa shape index (κ1) is 35.0. The van der Waals surface area contributed by atoms with Gasteiger partial charge < -0.3 is 9.64 Å². The lowest BCUT2D eigenvalue weighted by molar-refractivity contribution is 0.436. The van der Waals surface area contributed by atoms with E-state index >= 15 is 0 Å². The van der Waals surface area contributed by atoms with Gasteiger partial charge in [-0.05, 0) is 109 Å². The average molecular weight is 778 g/mol. The number of hydrogen-bond donors (Lipinski definition) is 0. The molecule has 2 nitrogen and oxygen atoms in total. The molecule has 2 heteroatoms. The number of anilines is 3. The van der Waals surface area contributed by atoms with Crippen LogP contribution in [-0.4, -0.2) is 0 Å². The maximum atomic E-state index is 6.96. The van der Waals surface area contributed by atoms with Gasteiger partial charge in [-0.25, -0.2) is 0 Å². The quantitative estimate of drug-likeness (QED) is 0.167. The molecule has 0 saturated carbocycles. The smallest absolute Gasteiger partial charge is 0.132 e. The second-order valence-electron chi connectivity index (χ2n) is 16.0. The molecule has 1 atom stereocenters. The van der Waals surface area contributed by atoms with E-state index in [-0.39, 0.29) is 0 Å². The summed E-state index contributed by atoms with van der Waals surface area (Å²) in [5.41, 5.74) is 16.9. The maximum Gasteiger partial charge on any atom is 0.132 e. The zero-order valence-corrected chi connectivity index (χ0v) is 33.4. The van der Waals surface area contributed by atoms with Gasteiger partial charge in [-0.1, -0.05) is 188 Å². The van der Waals surface area contributed by atoms with Crippen molar-refractivity contribution in [3.05, 3.63) is 259 Å². The lowest BCUT2D eigenvalue weighted by atomic mass is 9.66. The molecule has 12 rings (SSSR count). The normalized spacial score (nSPS) is 14.4. The highest BCUT2D eigenvalue weighted by atomic mass is 16.5. The molecule has 0 aromatic heterocycles. The zero-order chi connectivity index (χ0) is 40.3. The first-order valence-corrected chi connectivity index (χ1v) is 21.0. The molecule has 0 radical (unpaired) electrons. The standard InChI is InChI=1S/C59H39NO/c1-3-15-40(16-4-1)42-29-32-47(33-30-42)60(56-25-13-10-21-49(56)43-18-5-2-6-19-43)48-34-35-51-50-22-9-11-23-52(50)59(55(51)39-48)53-24-12-14-26-57(53)61-58-38-46(31-36-54(58)59)45-28-27-41-17-7-8-20-44(41)37-45/h1-39H. The van der Waals surface area contributed by atoms with E-state index < -0.39 is 5.41 Å². The summed E-state index contributed by atoms with van der Waals surface area (Å²) in [4.78, 5) is 2.43. The molecule has 1 aliphatic carbocycles. The summed E-state index contributed by atoms with van der Waals surface area (Å²) in [6.45, 7) is 0. The van der Waals surface area contributed by atoms with E-state index in [0.717, 1.165) is 50.8 Å². The largest absolute Gasteiger partial charge is 0.457 e. The maximum absolute atomic E-state index is 6.96. The Kier molecular flexibility index (Phi) is 8.11. The van der Waals surface area contributed by atoms with Gasteiger partial charge in [-0.15, -0.1) is 0 Å². The summed E-state index contributed by atoms with van der Waals surface area (Å²) in [5.74, 6) is 1.75. The van der Waals surface area contributed by atoms with E-state index in [0.29, 0.717) is 0 Å². The Hall–Kier alpha value is -7.94. The minimum Gasteiger partial charge on any atom is -0.457 e. The van der Waals surface area contributed by atoms with Crippen LogP contribution in [0.2, 0.25) is 0 Å². The number of para-hydroxylation sites is 2. The molecule has 1 spiro atoms. The molecule has 1 unspecified atom stereocenters. The van der Waals surface area contributed by atoms with Gasteiger partial charge in [-0.2, -0.15) is 0 Å². The minimum atomic E-state index is -0.629. The van der Waals surface area contributed by atoms with Crippen molar-refractivity contribution >= 4 is 27.8 Å². The third-order valence-corrected chi connectivity index (χ3v) is 12.7. The summed E-state index contributed by atoms with van der Waals surface area (Å²) in [5, 5.41) is 2.45. The van der Waals surface area contributed by atoms with E-state index in [4.69, 9.17) is 4.74 Å². The molecule has 0 fully saturated rings. The Balaban J connectivity index is 1.09. The monoisotopic (exact) mass is 777 g/mol. The molecule has 2 aliphatic rings. The molecule has 1 aliphatic heterocycles. The van der Waals surface area contributed by atoms with Crippen molar-refractivity contribution in [1.82, 2.24) is 0 Å². The fourth-order valence-corrected chi connectivity index (χ4v) is 9.97. The first-order chi connectivity index (χ1) is 30.2. The summed E-state index contributed by atoms with van der Waals surface area (Å²) in [6.07, 6.45) is 0. The van der Waals surface area contributed by atoms with Gasteiger partial charge in [0, 0.05) is 28.1 Å². The van der Waals surface area contributed by atoms with Gasteiger partial charge in [0.1, 0.15) is 11.5 Å². The highest BCUT2D eigenvalue weighted by Gasteiger charge is 2.51. The Morgan fingerprint density at radius 2 is 0.852 bits per heavy atom. The van der Waals surface area contributed by atoms with Crippen molar-refractivity contribution < 1.29 is 4.74 Å². The third-order valence-electron chi connectivity index (χ3n) is 12.7. The van der Waals surface area contributed by atoms with Crippen LogP contribution >= 0.6 is 0 Å². The van der Waals surface area contributed by atoms with Crippen molar-refractivity contribution in [2.75, 3.05) is 4.90 Å². The van der Waals surface area contributed by atoms with Crippen LogP contribution in [0.1, 0.15) is 22.3 Å². The summed E-state index contributed by atoms with van der Waals surface area (Å²) >= 11 is 0. The van der Waals surface area contributed by atoms with Gasteiger partial charge in [0.25, 0.3) is 0 Å². The van der Waals surface area contributed by atoms with E-state index in [1.54, 1.807) is 0 Å². The molecular weight excluding hydrogens is 739 g/mol. The van der Waals surface area contributed by atoms with E-state index in [1.165, 1.54) is 55.3 Å². The number of benzene rings is 10. The molecule has 61 heavy (non-hydrogen) atoms. The van der Waals surface area contributed by atoms with Crippen LogP contribution in [0, 0.1) is 0 Å². The van der Waals surface area contributed by atoms with Crippen LogP contribution in [-0.2, 0) is 5.41 Å². The molecule has 1 heterocycles. The Morgan fingerprint density at radius 3 is 1.67 bits per heavy atom. The Bertz CT molecular complexity index is 3280. The SMILES string of the molecule is c1ccc(-c2ccc(N(c3ccc4c(c3)C3(c5ccccc5Oc5cc(-c6ccc7ccccc7c6)ccc53)c3ccccc3-4)c3ccccc3-c3ccccc3)cc2)cc1. The molecule has 0 saturated heterocycles. The lowest BCUT2D eigenvalue weighted by Crippen LogP contribution is -2.32. The highest BCUT2D eigenvalue weighted by molar-refractivity contribution is 5.94. The summed E-state index contributed by atoms with van der Waals surface area (Å²) in [7, 11) is 0. The van der Waals surface area contributed by atoms with Crippen LogP contribution in [0.25, 0.3) is 55.3 Å². The molecule has 286 valence electrons. The van der Waals surface area contributed by atoms with Crippen LogP contribution in [0.4, 0.5) is 17.1 Å². The van der Waals surface area contributed by atoms with Crippen molar-refractivity contribution in [3.8, 4) is 56.0 Å². The van der Waals surface area contributed by atoms with Gasteiger partial charge in [0.15, 0.2) is 0 Å². The number of nitrogens with zero attached hydrogens (tertiary/aromatic N) is 1. The van der Waals surface area contributed by atoms with Crippen molar-refractivity contribution in [2.45, 2.75) is 5.41 Å². The molecule has 10 aromatic rings. The Morgan fingerprint density at radius 1 is 0.295 bits per heavy atom. The molecule has 0 amide bonds. The second kappa shape index (κ2) is 14.1.